The van der Waals surface area contributed by atoms with Crippen LogP contribution in [-0.2, 0) is 7.05 Å². The molecule has 2 N–H and O–H groups in total. The molecule has 0 aromatic carbocycles. The Kier molecular flexibility index (Phi) is 3.87. The van der Waals surface area contributed by atoms with E-state index in [2.05, 4.69) is 17.3 Å². The van der Waals surface area contributed by atoms with Crippen molar-refractivity contribution in [2.75, 3.05) is 0 Å². The topological polar surface area (TPSA) is 84.2 Å². The van der Waals surface area contributed by atoms with Gasteiger partial charge >= 0.3 is 5.97 Å². The van der Waals surface area contributed by atoms with Crippen molar-refractivity contribution in [1.82, 2.24) is 15.1 Å². The van der Waals surface area contributed by atoms with E-state index in [-0.39, 0.29) is 23.2 Å². The standard InChI is InChI=1S/C13H19N3O3/c1-8-5-3-4-6-10(8)15-12(17)11-9(13(18)19)7-14-16(11)2/h7-8,10H,3-6H2,1-2H3,(H,15,17)(H,18,19). The van der Waals surface area contributed by atoms with Crippen molar-refractivity contribution < 1.29 is 14.7 Å². The fourth-order valence-corrected chi connectivity index (χ4v) is 2.63. The third kappa shape index (κ3) is 2.77. The molecular formula is C13H19N3O3. The zero-order valence-corrected chi connectivity index (χ0v) is 11.2. The Bertz CT molecular complexity index is 495. The summed E-state index contributed by atoms with van der Waals surface area (Å²) < 4.78 is 1.31. The summed E-state index contributed by atoms with van der Waals surface area (Å²) in [6, 6.07) is 0.123. The monoisotopic (exact) mass is 265 g/mol. The molecule has 1 saturated carbocycles. The van der Waals surface area contributed by atoms with Crippen molar-refractivity contribution in [2.24, 2.45) is 13.0 Å². The van der Waals surface area contributed by atoms with Gasteiger partial charge in [-0.05, 0) is 18.8 Å². The number of aromatic carboxylic acids is 1. The molecule has 0 radical (unpaired) electrons. The Hall–Kier alpha value is -1.85. The van der Waals surface area contributed by atoms with Crippen molar-refractivity contribution in [3.8, 4) is 0 Å². The van der Waals surface area contributed by atoms with E-state index in [4.69, 9.17) is 5.11 Å². The second-order valence-electron chi connectivity index (χ2n) is 5.18. The number of amides is 1. The van der Waals surface area contributed by atoms with E-state index < -0.39 is 5.97 Å². The van der Waals surface area contributed by atoms with Gasteiger partial charge in [-0.3, -0.25) is 9.48 Å². The number of carbonyl (C=O) groups is 2. The Morgan fingerprint density at radius 1 is 1.42 bits per heavy atom. The minimum absolute atomic E-state index is 0.0523. The highest BCUT2D eigenvalue weighted by Gasteiger charge is 2.27. The fraction of sp³-hybridized carbons (Fsp3) is 0.615. The van der Waals surface area contributed by atoms with E-state index in [1.54, 1.807) is 7.05 Å². The van der Waals surface area contributed by atoms with Crippen LogP contribution in [0.3, 0.4) is 0 Å². The SMILES string of the molecule is CC1CCCCC1NC(=O)c1c(C(=O)O)cnn1C. The summed E-state index contributed by atoms with van der Waals surface area (Å²) in [4.78, 5) is 23.3. The van der Waals surface area contributed by atoms with Crippen LogP contribution < -0.4 is 5.32 Å². The van der Waals surface area contributed by atoms with Crippen LogP contribution >= 0.6 is 0 Å². The summed E-state index contributed by atoms with van der Waals surface area (Å²) in [6.45, 7) is 2.12. The Labute approximate surface area is 111 Å². The maximum Gasteiger partial charge on any atom is 0.339 e. The van der Waals surface area contributed by atoms with Crippen LogP contribution in [0.15, 0.2) is 6.20 Å². The van der Waals surface area contributed by atoms with Gasteiger partial charge in [-0.25, -0.2) is 4.79 Å². The van der Waals surface area contributed by atoms with E-state index in [9.17, 15) is 9.59 Å². The van der Waals surface area contributed by atoms with Crippen molar-refractivity contribution >= 4 is 11.9 Å². The number of nitrogens with one attached hydrogen (secondary N) is 1. The van der Waals surface area contributed by atoms with Gasteiger partial charge in [-0.1, -0.05) is 19.8 Å². The second-order valence-corrected chi connectivity index (χ2v) is 5.18. The lowest BCUT2D eigenvalue weighted by molar-refractivity contribution is 0.0689. The van der Waals surface area contributed by atoms with Gasteiger partial charge in [0.25, 0.3) is 5.91 Å². The molecule has 2 unspecified atom stereocenters. The molecular weight excluding hydrogens is 246 g/mol. The summed E-state index contributed by atoms with van der Waals surface area (Å²) >= 11 is 0. The minimum atomic E-state index is -1.13. The van der Waals surface area contributed by atoms with Gasteiger partial charge in [-0.2, -0.15) is 5.10 Å². The van der Waals surface area contributed by atoms with Crippen molar-refractivity contribution in [3.05, 3.63) is 17.5 Å². The van der Waals surface area contributed by atoms with Gasteiger partial charge in [0.05, 0.1) is 6.20 Å². The lowest BCUT2D eigenvalue weighted by Gasteiger charge is -2.29. The number of carboxylic acid groups (broad SMARTS) is 1. The van der Waals surface area contributed by atoms with Crippen molar-refractivity contribution in [3.63, 3.8) is 0 Å². The highest BCUT2D eigenvalue weighted by atomic mass is 16.4. The molecule has 1 aliphatic rings. The summed E-state index contributed by atoms with van der Waals surface area (Å²) in [5.41, 5.74) is 0.0636. The number of nitrogens with zero attached hydrogens (tertiary/aromatic N) is 2. The van der Waals surface area contributed by atoms with E-state index in [1.807, 2.05) is 0 Å². The zero-order valence-electron chi connectivity index (χ0n) is 11.2. The minimum Gasteiger partial charge on any atom is -0.478 e. The fourth-order valence-electron chi connectivity index (χ4n) is 2.63. The van der Waals surface area contributed by atoms with Gasteiger partial charge in [0.1, 0.15) is 11.3 Å². The zero-order chi connectivity index (χ0) is 14.0. The molecule has 2 atom stereocenters. The number of carboxylic acids is 1. The molecule has 6 nitrogen and oxygen atoms in total. The van der Waals surface area contributed by atoms with Gasteiger partial charge in [-0.15, -0.1) is 0 Å². The molecule has 1 aliphatic carbocycles. The molecule has 6 heteroatoms. The van der Waals surface area contributed by atoms with Crippen LogP contribution in [0.1, 0.15) is 53.5 Å². The van der Waals surface area contributed by atoms with Crippen LogP contribution in [-0.4, -0.2) is 32.8 Å². The third-order valence-corrected chi connectivity index (χ3v) is 3.81. The Morgan fingerprint density at radius 3 is 2.74 bits per heavy atom. The number of hydrogen-bond donors (Lipinski definition) is 2. The van der Waals surface area contributed by atoms with Gasteiger partial charge in [0.2, 0.25) is 0 Å². The van der Waals surface area contributed by atoms with Crippen molar-refractivity contribution in [1.29, 1.82) is 0 Å². The number of rotatable bonds is 3. The summed E-state index contributed by atoms with van der Waals surface area (Å²) in [5, 5.41) is 15.8. The molecule has 0 spiro atoms. The van der Waals surface area contributed by atoms with Crippen LogP contribution in [0.25, 0.3) is 0 Å². The molecule has 0 bridgehead atoms. The maximum atomic E-state index is 12.2. The molecule has 1 heterocycles. The Balaban J connectivity index is 2.15. The average molecular weight is 265 g/mol. The first-order chi connectivity index (χ1) is 9.00. The molecule has 104 valence electrons. The van der Waals surface area contributed by atoms with Crippen LogP contribution in [0, 0.1) is 5.92 Å². The first-order valence-electron chi connectivity index (χ1n) is 6.57. The molecule has 1 aromatic rings. The second kappa shape index (κ2) is 5.42. The number of hydrogen-bond acceptors (Lipinski definition) is 3. The number of aromatic nitrogens is 2. The largest absolute Gasteiger partial charge is 0.478 e. The van der Waals surface area contributed by atoms with E-state index in [1.165, 1.54) is 17.3 Å². The lowest BCUT2D eigenvalue weighted by Crippen LogP contribution is -2.42. The molecule has 0 saturated heterocycles. The van der Waals surface area contributed by atoms with Crippen LogP contribution in [0.2, 0.25) is 0 Å². The van der Waals surface area contributed by atoms with Gasteiger partial charge in [0.15, 0.2) is 0 Å². The Morgan fingerprint density at radius 2 is 2.11 bits per heavy atom. The van der Waals surface area contributed by atoms with E-state index in [0.29, 0.717) is 5.92 Å². The number of aryl methyl sites for hydroxylation is 1. The average Bonchev–Trinajstić information content (AvgIpc) is 2.74. The van der Waals surface area contributed by atoms with Crippen LogP contribution in [0.4, 0.5) is 0 Å². The summed E-state index contributed by atoms with van der Waals surface area (Å²) in [5.74, 6) is -1.05. The highest BCUT2D eigenvalue weighted by molar-refractivity contribution is 6.03. The number of carbonyl (C=O) groups excluding carboxylic acids is 1. The predicted molar refractivity (Wildman–Crippen MR) is 69.1 cm³/mol. The summed E-state index contributed by atoms with van der Waals surface area (Å²) in [6.07, 6.45) is 5.56. The normalized spacial score (nSPS) is 23.1. The van der Waals surface area contributed by atoms with E-state index >= 15 is 0 Å². The first kappa shape index (κ1) is 13.6. The highest BCUT2D eigenvalue weighted by Crippen LogP contribution is 2.24. The molecule has 1 amide bonds. The molecule has 1 fully saturated rings. The first-order valence-corrected chi connectivity index (χ1v) is 6.57. The molecule has 0 aliphatic heterocycles. The van der Waals surface area contributed by atoms with Gasteiger partial charge < -0.3 is 10.4 Å². The smallest absolute Gasteiger partial charge is 0.339 e. The maximum absolute atomic E-state index is 12.2. The molecule has 19 heavy (non-hydrogen) atoms. The lowest BCUT2D eigenvalue weighted by atomic mass is 9.86. The molecule has 2 rings (SSSR count). The van der Waals surface area contributed by atoms with Crippen molar-refractivity contribution in [2.45, 2.75) is 38.6 Å². The van der Waals surface area contributed by atoms with Crippen LogP contribution in [0.5, 0.6) is 0 Å². The quantitative estimate of drug-likeness (QED) is 0.865. The molecule has 1 aromatic heterocycles. The summed E-state index contributed by atoms with van der Waals surface area (Å²) in [7, 11) is 1.58. The van der Waals surface area contributed by atoms with Gasteiger partial charge in [0, 0.05) is 13.1 Å². The van der Waals surface area contributed by atoms with E-state index in [0.717, 1.165) is 19.3 Å². The predicted octanol–water partition coefficient (Wildman–Crippen LogP) is 1.43. The third-order valence-electron chi connectivity index (χ3n) is 3.81.